The van der Waals surface area contributed by atoms with E-state index in [0.29, 0.717) is 13.2 Å². The quantitative estimate of drug-likeness (QED) is 0.463. The van der Waals surface area contributed by atoms with Gasteiger partial charge in [-0.15, -0.1) is 0 Å². The average Bonchev–Trinajstić information content (AvgIpc) is 2.29. The number of phenols is 1. The zero-order chi connectivity index (χ0) is 12.8. The van der Waals surface area contributed by atoms with Crippen LogP contribution in [0.15, 0.2) is 18.2 Å². The minimum absolute atomic E-state index is 0.0244. The summed E-state index contributed by atoms with van der Waals surface area (Å²) in [7, 11) is 0. The smallest absolute Gasteiger partial charge is 0.340 e. The topological polar surface area (TPSA) is 81.8 Å². The Morgan fingerprint density at radius 2 is 2.24 bits per heavy atom. The summed E-state index contributed by atoms with van der Waals surface area (Å²) < 4.78 is 10.2. The molecule has 0 saturated heterocycles. The molecule has 5 nitrogen and oxygen atoms in total. The first-order valence-corrected chi connectivity index (χ1v) is 5.41. The molecule has 0 aliphatic rings. The van der Waals surface area contributed by atoms with Gasteiger partial charge in [0.05, 0.1) is 12.2 Å². The number of carbonyl (C=O) groups excluding carboxylic acids is 1. The van der Waals surface area contributed by atoms with E-state index < -0.39 is 5.97 Å². The number of carbonyl (C=O) groups is 1. The van der Waals surface area contributed by atoms with E-state index in [0.717, 1.165) is 0 Å². The molecule has 0 amide bonds. The SMILES string of the molecule is CCOCC(C)OC(=O)c1cc(O)ccc1N. The second-order valence-corrected chi connectivity index (χ2v) is 3.65. The Morgan fingerprint density at radius 3 is 2.88 bits per heavy atom. The third kappa shape index (κ3) is 3.96. The van der Waals surface area contributed by atoms with Gasteiger partial charge in [-0.05, 0) is 32.0 Å². The first-order chi connectivity index (χ1) is 8.04. The summed E-state index contributed by atoms with van der Waals surface area (Å²) in [5, 5.41) is 9.27. The molecule has 0 aromatic heterocycles. The van der Waals surface area contributed by atoms with Crippen molar-refractivity contribution in [2.24, 2.45) is 0 Å². The molecule has 1 atom stereocenters. The van der Waals surface area contributed by atoms with Crippen molar-refractivity contribution in [3.8, 4) is 5.75 Å². The molecule has 0 bridgehead atoms. The fraction of sp³-hybridized carbons (Fsp3) is 0.417. The third-order valence-corrected chi connectivity index (χ3v) is 2.12. The molecule has 3 N–H and O–H groups in total. The van der Waals surface area contributed by atoms with E-state index in [1.807, 2.05) is 6.92 Å². The van der Waals surface area contributed by atoms with Crippen molar-refractivity contribution in [3.63, 3.8) is 0 Å². The number of esters is 1. The van der Waals surface area contributed by atoms with Gasteiger partial charge in [0.2, 0.25) is 0 Å². The second-order valence-electron chi connectivity index (χ2n) is 3.65. The Hall–Kier alpha value is -1.75. The van der Waals surface area contributed by atoms with Gasteiger partial charge in [-0.1, -0.05) is 0 Å². The summed E-state index contributed by atoms with van der Waals surface area (Å²) in [6, 6.07) is 4.15. The van der Waals surface area contributed by atoms with Crippen molar-refractivity contribution >= 4 is 11.7 Å². The summed E-state index contributed by atoms with van der Waals surface area (Å²) >= 11 is 0. The van der Waals surface area contributed by atoms with Gasteiger partial charge in [0.25, 0.3) is 0 Å². The first kappa shape index (κ1) is 13.3. The normalized spacial score (nSPS) is 12.1. The molecular formula is C12H17NO4. The van der Waals surface area contributed by atoms with Crippen molar-refractivity contribution in [1.82, 2.24) is 0 Å². The van der Waals surface area contributed by atoms with Crippen LogP contribution in [-0.2, 0) is 9.47 Å². The van der Waals surface area contributed by atoms with E-state index in [1.54, 1.807) is 6.92 Å². The Kier molecular flexibility index (Phi) is 4.78. The highest BCUT2D eigenvalue weighted by Crippen LogP contribution is 2.19. The van der Waals surface area contributed by atoms with Gasteiger partial charge in [-0.25, -0.2) is 4.79 Å². The molecule has 1 aromatic rings. The van der Waals surface area contributed by atoms with Crippen LogP contribution in [0.25, 0.3) is 0 Å². The van der Waals surface area contributed by atoms with Gasteiger partial charge in [0.1, 0.15) is 11.9 Å². The number of rotatable bonds is 5. The maximum atomic E-state index is 11.7. The lowest BCUT2D eigenvalue weighted by Gasteiger charge is -2.13. The van der Waals surface area contributed by atoms with Gasteiger partial charge < -0.3 is 20.3 Å². The van der Waals surface area contributed by atoms with Crippen molar-refractivity contribution in [2.75, 3.05) is 18.9 Å². The van der Waals surface area contributed by atoms with E-state index in [9.17, 15) is 9.90 Å². The summed E-state index contributed by atoms with van der Waals surface area (Å²) in [6.07, 6.45) is -0.357. The van der Waals surface area contributed by atoms with Crippen molar-refractivity contribution in [1.29, 1.82) is 0 Å². The maximum Gasteiger partial charge on any atom is 0.340 e. The Labute approximate surface area is 100 Å². The molecule has 0 saturated carbocycles. The number of nitrogens with two attached hydrogens (primary N) is 1. The number of phenolic OH excluding ortho intramolecular Hbond substituents is 1. The number of aromatic hydroxyl groups is 1. The highest BCUT2D eigenvalue weighted by Gasteiger charge is 2.15. The molecule has 94 valence electrons. The lowest BCUT2D eigenvalue weighted by atomic mass is 10.2. The number of ether oxygens (including phenoxy) is 2. The minimum atomic E-state index is -0.564. The van der Waals surface area contributed by atoms with Crippen LogP contribution in [-0.4, -0.2) is 30.4 Å². The molecule has 0 fully saturated rings. The molecule has 5 heteroatoms. The Bertz CT molecular complexity index is 392. The van der Waals surface area contributed by atoms with Crippen LogP contribution in [0, 0.1) is 0 Å². The minimum Gasteiger partial charge on any atom is -0.508 e. The highest BCUT2D eigenvalue weighted by molar-refractivity contribution is 5.95. The molecule has 0 radical (unpaired) electrons. The van der Waals surface area contributed by atoms with Crippen molar-refractivity contribution in [2.45, 2.75) is 20.0 Å². The van der Waals surface area contributed by atoms with Gasteiger partial charge in [0.15, 0.2) is 0 Å². The number of benzene rings is 1. The molecule has 17 heavy (non-hydrogen) atoms. The van der Waals surface area contributed by atoms with Crippen molar-refractivity contribution in [3.05, 3.63) is 23.8 Å². The molecule has 1 unspecified atom stereocenters. The molecule has 0 aliphatic carbocycles. The van der Waals surface area contributed by atoms with E-state index >= 15 is 0 Å². The average molecular weight is 239 g/mol. The van der Waals surface area contributed by atoms with Crippen LogP contribution < -0.4 is 5.73 Å². The Morgan fingerprint density at radius 1 is 1.53 bits per heavy atom. The van der Waals surface area contributed by atoms with Gasteiger partial charge in [-0.2, -0.15) is 0 Å². The van der Waals surface area contributed by atoms with E-state index in [2.05, 4.69) is 0 Å². The van der Waals surface area contributed by atoms with Gasteiger partial charge >= 0.3 is 5.97 Å². The van der Waals surface area contributed by atoms with Crippen molar-refractivity contribution < 1.29 is 19.4 Å². The highest BCUT2D eigenvalue weighted by atomic mass is 16.6. The van der Waals surface area contributed by atoms with Gasteiger partial charge in [-0.3, -0.25) is 0 Å². The Balaban J connectivity index is 2.66. The number of hydrogen-bond donors (Lipinski definition) is 2. The summed E-state index contributed by atoms with van der Waals surface area (Å²) in [5.41, 5.74) is 6.06. The third-order valence-electron chi connectivity index (χ3n) is 2.12. The number of nitrogen functional groups attached to an aromatic ring is 1. The summed E-state index contributed by atoms with van der Waals surface area (Å²) in [4.78, 5) is 11.7. The zero-order valence-corrected chi connectivity index (χ0v) is 9.97. The summed E-state index contributed by atoms with van der Waals surface area (Å²) in [5.74, 6) is -0.589. The van der Waals surface area contributed by atoms with Crippen LogP contribution in [0.2, 0.25) is 0 Å². The van der Waals surface area contributed by atoms with Crippen LogP contribution in [0.4, 0.5) is 5.69 Å². The van der Waals surface area contributed by atoms with Crippen LogP contribution in [0.3, 0.4) is 0 Å². The molecule has 1 rings (SSSR count). The predicted molar refractivity (Wildman–Crippen MR) is 63.9 cm³/mol. The molecular weight excluding hydrogens is 222 g/mol. The lowest BCUT2D eigenvalue weighted by molar-refractivity contribution is 0.00446. The molecule has 0 spiro atoms. The number of anilines is 1. The molecule has 0 heterocycles. The standard InChI is InChI=1S/C12H17NO4/c1-3-16-7-8(2)17-12(15)10-6-9(14)4-5-11(10)13/h4-6,8,14H,3,7,13H2,1-2H3. The monoisotopic (exact) mass is 239 g/mol. The van der Waals surface area contributed by atoms with Crippen LogP contribution in [0.5, 0.6) is 5.75 Å². The number of hydrogen-bond acceptors (Lipinski definition) is 5. The largest absolute Gasteiger partial charge is 0.508 e. The summed E-state index contributed by atoms with van der Waals surface area (Å²) in [6.45, 7) is 4.49. The van der Waals surface area contributed by atoms with Crippen LogP contribution in [0.1, 0.15) is 24.2 Å². The maximum absolute atomic E-state index is 11.7. The lowest BCUT2D eigenvalue weighted by Crippen LogP contribution is -2.21. The fourth-order valence-corrected chi connectivity index (χ4v) is 1.29. The van der Waals surface area contributed by atoms with Crippen LogP contribution >= 0.6 is 0 Å². The molecule has 1 aromatic carbocycles. The van der Waals surface area contributed by atoms with E-state index in [-0.39, 0.29) is 23.1 Å². The van der Waals surface area contributed by atoms with Gasteiger partial charge in [0, 0.05) is 12.3 Å². The van der Waals surface area contributed by atoms with E-state index in [1.165, 1.54) is 18.2 Å². The molecule has 0 aliphatic heterocycles. The van der Waals surface area contributed by atoms with E-state index in [4.69, 9.17) is 15.2 Å². The first-order valence-electron chi connectivity index (χ1n) is 5.41. The predicted octanol–water partition coefficient (Wildman–Crippen LogP) is 1.56. The zero-order valence-electron chi connectivity index (χ0n) is 9.97. The second kappa shape index (κ2) is 6.10. The fourth-order valence-electron chi connectivity index (χ4n) is 1.29.